The molecule has 0 saturated heterocycles. The molecule has 0 bridgehead atoms. The molecule has 0 amide bonds. The first kappa shape index (κ1) is 19.6. The second kappa shape index (κ2) is 18.6. The van der Waals surface area contributed by atoms with Gasteiger partial charge in [0.2, 0.25) is 0 Å². The van der Waals surface area contributed by atoms with E-state index in [2.05, 4.69) is 13.8 Å². The Morgan fingerprint density at radius 3 is 1.53 bits per heavy atom. The zero-order valence-electron chi connectivity index (χ0n) is 11.9. The number of carboxylic acids is 1. The fourth-order valence-corrected chi connectivity index (χ4v) is 5.05. The first-order valence-corrected chi connectivity index (χ1v) is 11.1. The van der Waals surface area contributed by atoms with Crippen LogP contribution in [0.5, 0.6) is 0 Å². The predicted octanol–water partition coefficient (Wildman–Crippen LogP) is 4.78. The summed E-state index contributed by atoms with van der Waals surface area (Å²) in [4.78, 5) is 9.00. The minimum atomic E-state index is -0.833. The van der Waals surface area contributed by atoms with Gasteiger partial charge < -0.3 is 5.11 Å². The SMILES string of the molecule is CC(=O)O.CCCCC[CH2][Sn][CH2]CCCCC. The van der Waals surface area contributed by atoms with Crippen LogP contribution in [-0.4, -0.2) is 32.2 Å². The van der Waals surface area contributed by atoms with Gasteiger partial charge in [-0.15, -0.1) is 0 Å². The summed E-state index contributed by atoms with van der Waals surface area (Å²) in [5.74, 6) is -0.833. The molecule has 0 spiro atoms. The van der Waals surface area contributed by atoms with E-state index < -0.39 is 5.97 Å². The van der Waals surface area contributed by atoms with Gasteiger partial charge in [-0.2, -0.15) is 0 Å². The van der Waals surface area contributed by atoms with Crippen LogP contribution in [0.1, 0.15) is 72.1 Å². The molecule has 3 heteroatoms. The van der Waals surface area contributed by atoms with Crippen molar-refractivity contribution < 1.29 is 9.90 Å². The van der Waals surface area contributed by atoms with Crippen LogP contribution in [-0.2, 0) is 4.79 Å². The molecule has 0 heterocycles. The average Bonchev–Trinajstić information content (AvgIpc) is 2.26. The van der Waals surface area contributed by atoms with Crippen LogP contribution < -0.4 is 0 Å². The molecule has 0 aromatic carbocycles. The second-order valence-electron chi connectivity index (χ2n) is 4.39. The Balaban J connectivity index is 0. The third-order valence-electron chi connectivity index (χ3n) is 2.41. The molecule has 0 unspecified atom stereocenters. The van der Waals surface area contributed by atoms with Crippen molar-refractivity contribution in [1.29, 1.82) is 0 Å². The van der Waals surface area contributed by atoms with Crippen LogP contribution in [0.15, 0.2) is 0 Å². The summed E-state index contributed by atoms with van der Waals surface area (Å²) in [6.45, 7) is 5.68. The van der Waals surface area contributed by atoms with Crippen molar-refractivity contribution in [3.8, 4) is 0 Å². The van der Waals surface area contributed by atoms with Gasteiger partial charge in [-0.3, -0.25) is 4.79 Å². The molecule has 102 valence electrons. The molecular formula is C14H30O2Sn. The summed E-state index contributed by atoms with van der Waals surface area (Å²) in [5.41, 5.74) is 0. The summed E-state index contributed by atoms with van der Waals surface area (Å²) < 4.78 is 3.30. The van der Waals surface area contributed by atoms with Gasteiger partial charge in [0.1, 0.15) is 0 Å². The molecule has 0 fully saturated rings. The maximum absolute atomic E-state index is 9.00. The van der Waals surface area contributed by atoms with E-state index >= 15 is 0 Å². The molecule has 0 atom stereocenters. The fourth-order valence-electron chi connectivity index (χ4n) is 1.48. The van der Waals surface area contributed by atoms with Crippen LogP contribution >= 0.6 is 0 Å². The third-order valence-corrected chi connectivity index (χ3v) is 6.45. The van der Waals surface area contributed by atoms with Crippen molar-refractivity contribution in [1.82, 2.24) is 0 Å². The van der Waals surface area contributed by atoms with Crippen LogP contribution in [0.25, 0.3) is 0 Å². The molecule has 0 aromatic rings. The van der Waals surface area contributed by atoms with Gasteiger partial charge in [-0.25, -0.2) is 0 Å². The van der Waals surface area contributed by atoms with E-state index in [0.29, 0.717) is 0 Å². The first-order chi connectivity index (χ1) is 8.15. The van der Waals surface area contributed by atoms with E-state index in [4.69, 9.17) is 9.90 Å². The molecule has 0 aromatic heterocycles. The summed E-state index contributed by atoms with van der Waals surface area (Å²) in [7, 11) is 0. The molecule has 0 aliphatic rings. The minimum absolute atomic E-state index is 0.104. The topological polar surface area (TPSA) is 37.3 Å². The van der Waals surface area contributed by atoms with Crippen LogP contribution in [0.2, 0.25) is 8.87 Å². The number of rotatable bonds is 10. The normalized spacial score (nSPS) is 9.59. The van der Waals surface area contributed by atoms with Crippen molar-refractivity contribution >= 4 is 27.1 Å². The summed E-state index contributed by atoms with van der Waals surface area (Å²) in [6, 6.07) is 0. The van der Waals surface area contributed by atoms with Crippen molar-refractivity contribution in [2.45, 2.75) is 81.0 Å². The Labute approximate surface area is 118 Å². The van der Waals surface area contributed by atoms with Crippen molar-refractivity contribution in [2.75, 3.05) is 0 Å². The van der Waals surface area contributed by atoms with Crippen LogP contribution in [0.4, 0.5) is 0 Å². The van der Waals surface area contributed by atoms with E-state index in [9.17, 15) is 0 Å². The number of hydrogen-bond donors (Lipinski definition) is 1. The monoisotopic (exact) mass is 350 g/mol. The van der Waals surface area contributed by atoms with E-state index in [1.807, 2.05) is 0 Å². The molecule has 2 radical (unpaired) electrons. The van der Waals surface area contributed by atoms with Gasteiger partial charge in [0.15, 0.2) is 0 Å². The summed E-state index contributed by atoms with van der Waals surface area (Å²) in [6.07, 6.45) is 11.8. The number of carboxylic acid groups (broad SMARTS) is 1. The molecule has 2 nitrogen and oxygen atoms in total. The standard InChI is InChI=1S/2C6H13.C2H4O2.Sn/c2*1-3-5-6-4-2;1-2(3)4;/h2*1,3-6H2,2H3;1H3,(H,3,4);. The summed E-state index contributed by atoms with van der Waals surface area (Å²) >= 11 is 0.104. The number of aliphatic carboxylic acids is 1. The number of hydrogen-bond acceptors (Lipinski definition) is 1. The van der Waals surface area contributed by atoms with Gasteiger partial charge in [0, 0.05) is 6.92 Å². The predicted molar refractivity (Wildman–Crippen MR) is 77.0 cm³/mol. The molecular weight excluding hydrogens is 319 g/mol. The van der Waals surface area contributed by atoms with E-state index in [-0.39, 0.29) is 21.1 Å². The first-order valence-electron chi connectivity index (χ1n) is 7.05. The molecule has 0 saturated carbocycles. The Hall–Kier alpha value is 0.269. The van der Waals surface area contributed by atoms with Crippen LogP contribution in [0, 0.1) is 0 Å². The van der Waals surface area contributed by atoms with Gasteiger partial charge in [-0.1, -0.05) is 0 Å². The van der Waals surface area contributed by atoms with E-state index in [0.717, 1.165) is 6.92 Å². The molecule has 0 aliphatic carbocycles. The maximum atomic E-state index is 9.00. The quantitative estimate of drug-likeness (QED) is 0.455. The second-order valence-corrected chi connectivity index (χ2v) is 8.67. The van der Waals surface area contributed by atoms with Crippen molar-refractivity contribution in [2.24, 2.45) is 0 Å². The fraction of sp³-hybridized carbons (Fsp3) is 0.929. The number of carbonyl (C=O) groups is 1. The van der Waals surface area contributed by atoms with Gasteiger partial charge >= 0.3 is 95.2 Å². The van der Waals surface area contributed by atoms with Gasteiger partial charge in [0.05, 0.1) is 0 Å². The van der Waals surface area contributed by atoms with Crippen LogP contribution in [0.3, 0.4) is 0 Å². The number of unbranched alkanes of at least 4 members (excludes halogenated alkanes) is 6. The third kappa shape index (κ3) is 31.4. The molecule has 17 heavy (non-hydrogen) atoms. The average molecular weight is 349 g/mol. The zero-order valence-corrected chi connectivity index (χ0v) is 14.8. The molecule has 1 N–H and O–H groups in total. The zero-order chi connectivity index (χ0) is 13.4. The van der Waals surface area contributed by atoms with Gasteiger partial charge in [-0.05, 0) is 0 Å². The van der Waals surface area contributed by atoms with E-state index in [1.54, 1.807) is 21.7 Å². The van der Waals surface area contributed by atoms with Gasteiger partial charge in [0.25, 0.3) is 5.97 Å². The Kier molecular flexibility index (Phi) is 21.5. The Bertz CT molecular complexity index is 135. The Morgan fingerprint density at radius 1 is 0.882 bits per heavy atom. The Morgan fingerprint density at radius 2 is 1.24 bits per heavy atom. The van der Waals surface area contributed by atoms with Crippen molar-refractivity contribution in [3.63, 3.8) is 0 Å². The summed E-state index contributed by atoms with van der Waals surface area (Å²) in [5, 5.41) is 7.42. The molecule has 0 aliphatic heterocycles. The molecule has 0 rings (SSSR count). The van der Waals surface area contributed by atoms with E-state index in [1.165, 1.54) is 38.5 Å². The van der Waals surface area contributed by atoms with Crippen molar-refractivity contribution in [3.05, 3.63) is 0 Å².